The average Bonchev–Trinajstić information content (AvgIpc) is 2.88. The van der Waals surface area contributed by atoms with E-state index in [4.69, 9.17) is 5.73 Å². The van der Waals surface area contributed by atoms with Gasteiger partial charge in [0.15, 0.2) is 0 Å². The summed E-state index contributed by atoms with van der Waals surface area (Å²) in [7, 11) is 0. The molecule has 0 radical (unpaired) electrons. The monoisotopic (exact) mass is 250 g/mol. The Morgan fingerprint density at radius 3 is 2.53 bits per heavy atom. The fourth-order valence-corrected chi connectivity index (χ4v) is 2.47. The first-order valence-corrected chi connectivity index (χ1v) is 6.68. The highest BCUT2D eigenvalue weighted by Gasteiger charge is 2.02. The molecule has 96 valence electrons. The Balaban J connectivity index is 1.82. The van der Waals surface area contributed by atoms with E-state index in [9.17, 15) is 0 Å². The van der Waals surface area contributed by atoms with Crippen LogP contribution in [0, 0.1) is 0 Å². The Bertz CT molecular complexity index is 668. The summed E-state index contributed by atoms with van der Waals surface area (Å²) in [5.41, 5.74) is 9.53. The zero-order valence-electron chi connectivity index (χ0n) is 10.9. The van der Waals surface area contributed by atoms with Crippen molar-refractivity contribution in [3.8, 4) is 0 Å². The molecule has 0 saturated carbocycles. The standard InChI is InChI=1S/C17H18N2/c18-13-15-6-7-17-16(12-15)9-11-19(17)10-8-14-4-2-1-3-5-14/h1-7,9,11-12H,8,10,13,18H2. The summed E-state index contributed by atoms with van der Waals surface area (Å²) in [4.78, 5) is 0. The van der Waals surface area contributed by atoms with Gasteiger partial charge < -0.3 is 10.3 Å². The summed E-state index contributed by atoms with van der Waals surface area (Å²) in [6.45, 7) is 1.61. The SMILES string of the molecule is NCc1ccc2c(ccn2CCc2ccccc2)c1. The van der Waals surface area contributed by atoms with Crippen LogP contribution in [0.5, 0.6) is 0 Å². The van der Waals surface area contributed by atoms with Crippen molar-refractivity contribution in [2.45, 2.75) is 19.5 Å². The fourth-order valence-electron chi connectivity index (χ4n) is 2.47. The van der Waals surface area contributed by atoms with E-state index in [1.165, 1.54) is 22.0 Å². The Morgan fingerprint density at radius 2 is 1.74 bits per heavy atom. The predicted octanol–water partition coefficient (Wildman–Crippen LogP) is 3.34. The number of benzene rings is 2. The zero-order valence-corrected chi connectivity index (χ0v) is 10.9. The van der Waals surface area contributed by atoms with Gasteiger partial charge >= 0.3 is 0 Å². The van der Waals surface area contributed by atoms with Gasteiger partial charge in [-0.3, -0.25) is 0 Å². The van der Waals surface area contributed by atoms with Crippen LogP contribution in [0.3, 0.4) is 0 Å². The first kappa shape index (κ1) is 12.0. The molecule has 0 atom stereocenters. The normalized spacial score (nSPS) is 11.0. The summed E-state index contributed by atoms with van der Waals surface area (Å²) in [6, 6.07) is 19.2. The molecule has 0 saturated heterocycles. The molecule has 2 aromatic carbocycles. The van der Waals surface area contributed by atoms with Crippen molar-refractivity contribution in [1.82, 2.24) is 4.57 Å². The zero-order chi connectivity index (χ0) is 13.1. The third kappa shape index (κ3) is 2.54. The predicted molar refractivity (Wildman–Crippen MR) is 80.0 cm³/mol. The summed E-state index contributed by atoms with van der Waals surface area (Å²) < 4.78 is 2.31. The molecule has 2 heteroatoms. The minimum absolute atomic E-state index is 0.602. The highest BCUT2D eigenvalue weighted by molar-refractivity contribution is 5.80. The number of nitrogens with zero attached hydrogens (tertiary/aromatic N) is 1. The second-order valence-corrected chi connectivity index (χ2v) is 4.84. The van der Waals surface area contributed by atoms with Crippen LogP contribution < -0.4 is 5.73 Å². The Hall–Kier alpha value is -2.06. The minimum Gasteiger partial charge on any atom is -0.347 e. The van der Waals surface area contributed by atoms with E-state index in [0.717, 1.165) is 13.0 Å². The second-order valence-electron chi connectivity index (χ2n) is 4.84. The molecule has 3 rings (SSSR count). The lowest BCUT2D eigenvalue weighted by Crippen LogP contribution is -2.00. The molecule has 0 aliphatic carbocycles. The number of rotatable bonds is 4. The smallest absolute Gasteiger partial charge is 0.0480 e. The van der Waals surface area contributed by atoms with E-state index in [0.29, 0.717) is 6.54 Å². The number of hydrogen-bond acceptors (Lipinski definition) is 1. The summed E-state index contributed by atoms with van der Waals surface area (Å²) in [5.74, 6) is 0. The van der Waals surface area contributed by atoms with Gasteiger partial charge in [0.25, 0.3) is 0 Å². The molecular weight excluding hydrogens is 232 g/mol. The molecule has 19 heavy (non-hydrogen) atoms. The van der Waals surface area contributed by atoms with Crippen LogP contribution in [0.4, 0.5) is 0 Å². The third-order valence-corrected chi connectivity index (χ3v) is 3.56. The lowest BCUT2D eigenvalue weighted by Gasteiger charge is -2.06. The number of fused-ring (bicyclic) bond motifs is 1. The van der Waals surface area contributed by atoms with Crippen molar-refractivity contribution in [3.05, 3.63) is 71.9 Å². The highest BCUT2D eigenvalue weighted by atomic mass is 14.9. The molecule has 2 nitrogen and oxygen atoms in total. The van der Waals surface area contributed by atoms with Gasteiger partial charge in [-0.15, -0.1) is 0 Å². The quantitative estimate of drug-likeness (QED) is 0.756. The average molecular weight is 250 g/mol. The van der Waals surface area contributed by atoms with Crippen LogP contribution in [0.2, 0.25) is 0 Å². The van der Waals surface area contributed by atoms with Crippen molar-refractivity contribution < 1.29 is 0 Å². The Kier molecular flexibility index (Phi) is 3.34. The second kappa shape index (κ2) is 5.29. The Morgan fingerprint density at radius 1 is 0.895 bits per heavy atom. The van der Waals surface area contributed by atoms with E-state index in [-0.39, 0.29) is 0 Å². The van der Waals surface area contributed by atoms with E-state index in [2.05, 4.69) is 65.4 Å². The van der Waals surface area contributed by atoms with Crippen molar-refractivity contribution in [2.75, 3.05) is 0 Å². The number of nitrogens with two attached hydrogens (primary N) is 1. The van der Waals surface area contributed by atoms with Gasteiger partial charge in [0.2, 0.25) is 0 Å². The van der Waals surface area contributed by atoms with Crippen LogP contribution in [0.1, 0.15) is 11.1 Å². The molecule has 0 aliphatic heterocycles. The van der Waals surface area contributed by atoms with Gasteiger partial charge in [0.1, 0.15) is 0 Å². The maximum atomic E-state index is 5.68. The molecule has 0 aliphatic rings. The van der Waals surface area contributed by atoms with E-state index >= 15 is 0 Å². The van der Waals surface area contributed by atoms with Gasteiger partial charge in [-0.25, -0.2) is 0 Å². The highest BCUT2D eigenvalue weighted by Crippen LogP contribution is 2.18. The lowest BCUT2D eigenvalue weighted by molar-refractivity contribution is 0.723. The summed E-state index contributed by atoms with van der Waals surface area (Å²) in [6.07, 6.45) is 3.22. The van der Waals surface area contributed by atoms with Gasteiger partial charge in [-0.1, -0.05) is 36.4 Å². The molecular formula is C17H18N2. The minimum atomic E-state index is 0.602. The summed E-state index contributed by atoms with van der Waals surface area (Å²) >= 11 is 0. The van der Waals surface area contributed by atoms with Crippen molar-refractivity contribution in [3.63, 3.8) is 0 Å². The molecule has 0 fully saturated rings. The first-order valence-electron chi connectivity index (χ1n) is 6.68. The lowest BCUT2D eigenvalue weighted by atomic mass is 10.1. The number of hydrogen-bond donors (Lipinski definition) is 1. The molecule has 0 bridgehead atoms. The maximum absolute atomic E-state index is 5.68. The van der Waals surface area contributed by atoms with Crippen molar-refractivity contribution >= 4 is 10.9 Å². The van der Waals surface area contributed by atoms with E-state index in [1.807, 2.05) is 0 Å². The number of aryl methyl sites for hydroxylation is 2. The summed E-state index contributed by atoms with van der Waals surface area (Å²) in [5, 5.41) is 1.27. The maximum Gasteiger partial charge on any atom is 0.0480 e. The van der Waals surface area contributed by atoms with Crippen molar-refractivity contribution in [1.29, 1.82) is 0 Å². The third-order valence-electron chi connectivity index (χ3n) is 3.56. The van der Waals surface area contributed by atoms with Gasteiger partial charge in [0.05, 0.1) is 0 Å². The van der Waals surface area contributed by atoms with E-state index < -0.39 is 0 Å². The number of aromatic nitrogens is 1. The van der Waals surface area contributed by atoms with E-state index in [1.54, 1.807) is 0 Å². The van der Waals surface area contributed by atoms with Crippen LogP contribution in [0.15, 0.2) is 60.8 Å². The molecule has 3 aromatic rings. The van der Waals surface area contributed by atoms with Gasteiger partial charge in [0, 0.05) is 24.8 Å². The Labute approximate surface area is 113 Å². The molecule has 0 unspecified atom stereocenters. The van der Waals surface area contributed by atoms with Gasteiger partial charge in [-0.05, 0) is 41.1 Å². The molecule has 1 aromatic heterocycles. The van der Waals surface area contributed by atoms with Crippen LogP contribution in [-0.2, 0) is 19.5 Å². The molecule has 0 spiro atoms. The first-order chi connectivity index (χ1) is 9.36. The largest absolute Gasteiger partial charge is 0.347 e. The van der Waals surface area contributed by atoms with Crippen LogP contribution in [0.25, 0.3) is 10.9 Å². The molecule has 2 N–H and O–H groups in total. The fraction of sp³-hybridized carbons (Fsp3) is 0.176. The molecule has 1 heterocycles. The topological polar surface area (TPSA) is 30.9 Å². The van der Waals surface area contributed by atoms with Crippen LogP contribution in [-0.4, -0.2) is 4.57 Å². The van der Waals surface area contributed by atoms with Crippen molar-refractivity contribution in [2.24, 2.45) is 5.73 Å². The molecule has 0 amide bonds. The van der Waals surface area contributed by atoms with Gasteiger partial charge in [-0.2, -0.15) is 0 Å². The van der Waals surface area contributed by atoms with Crippen LogP contribution >= 0.6 is 0 Å².